The van der Waals surface area contributed by atoms with Crippen molar-refractivity contribution in [3.63, 3.8) is 0 Å². The lowest BCUT2D eigenvalue weighted by Gasteiger charge is -2.04. The summed E-state index contributed by atoms with van der Waals surface area (Å²) in [5, 5.41) is 0.980. The number of nitrogens with one attached hydrogen (secondary N) is 1. The van der Waals surface area contributed by atoms with Crippen LogP contribution in [0, 0.1) is 6.92 Å². The minimum atomic E-state index is 0.527. The number of benzene rings is 3. The van der Waals surface area contributed by atoms with Crippen molar-refractivity contribution in [2.24, 2.45) is 4.99 Å². The fourth-order valence-electron chi connectivity index (χ4n) is 3.25. The Bertz CT molecular complexity index is 1370. The van der Waals surface area contributed by atoms with Crippen LogP contribution in [0.3, 0.4) is 0 Å². The smallest absolute Gasteiger partial charge is 0.230 e. The summed E-state index contributed by atoms with van der Waals surface area (Å²) in [5.74, 6) is 0.734. The van der Waals surface area contributed by atoms with Gasteiger partial charge in [-0.15, -0.1) is 0 Å². The predicted molar refractivity (Wildman–Crippen MR) is 115 cm³/mol. The van der Waals surface area contributed by atoms with Gasteiger partial charge in [-0.1, -0.05) is 40.2 Å². The van der Waals surface area contributed by atoms with Gasteiger partial charge in [-0.05, 0) is 61.0 Å². The van der Waals surface area contributed by atoms with Crippen LogP contribution < -0.4 is 5.55 Å². The molecular formula is C23H16BrN3O. The molecule has 0 amide bonds. The van der Waals surface area contributed by atoms with E-state index in [1.165, 1.54) is 0 Å². The van der Waals surface area contributed by atoms with E-state index in [0.29, 0.717) is 5.55 Å². The normalized spacial score (nSPS) is 12.1. The SMILES string of the molecule is Cc1cccc(N=c2oc3ccc(Br)cc3cc2-c2nc3ccccc3[nH]2)c1. The summed E-state index contributed by atoms with van der Waals surface area (Å²) in [4.78, 5) is 12.9. The largest absolute Gasteiger partial charge is 0.438 e. The molecule has 5 aromatic rings. The minimum Gasteiger partial charge on any atom is -0.438 e. The fraction of sp³-hybridized carbons (Fsp3) is 0.0435. The fourth-order valence-corrected chi connectivity index (χ4v) is 3.63. The molecule has 136 valence electrons. The molecule has 0 unspecified atom stereocenters. The maximum absolute atomic E-state index is 6.19. The van der Waals surface area contributed by atoms with E-state index >= 15 is 0 Å². The van der Waals surface area contributed by atoms with E-state index in [9.17, 15) is 0 Å². The molecule has 0 saturated heterocycles. The summed E-state index contributed by atoms with van der Waals surface area (Å²) in [6, 6.07) is 24.0. The second-order valence-corrected chi connectivity index (χ2v) is 7.62. The van der Waals surface area contributed by atoms with Gasteiger partial charge in [0, 0.05) is 9.86 Å². The quantitative estimate of drug-likeness (QED) is 0.358. The minimum absolute atomic E-state index is 0.527. The predicted octanol–water partition coefficient (Wildman–Crippen LogP) is 6.28. The Morgan fingerprint density at radius 2 is 1.86 bits per heavy atom. The zero-order valence-corrected chi connectivity index (χ0v) is 16.7. The molecule has 0 fully saturated rings. The maximum Gasteiger partial charge on any atom is 0.230 e. The number of aromatic amines is 1. The summed E-state index contributed by atoms with van der Waals surface area (Å²) in [6.07, 6.45) is 0. The Morgan fingerprint density at radius 1 is 0.964 bits per heavy atom. The molecule has 0 bridgehead atoms. The molecule has 2 heterocycles. The highest BCUT2D eigenvalue weighted by molar-refractivity contribution is 9.10. The molecule has 3 aromatic carbocycles. The number of fused-ring (bicyclic) bond motifs is 2. The Kier molecular flexibility index (Phi) is 4.10. The van der Waals surface area contributed by atoms with Crippen molar-refractivity contribution in [3.8, 4) is 11.4 Å². The molecule has 0 aliphatic rings. The van der Waals surface area contributed by atoms with E-state index in [0.717, 1.165) is 49.1 Å². The third-order valence-electron chi connectivity index (χ3n) is 4.59. The topological polar surface area (TPSA) is 54.2 Å². The van der Waals surface area contributed by atoms with E-state index in [4.69, 9.17) is 14.4 Å². The summed E-state index contributed by atoms with van der Waals surface area (Å²) in [6.45, 7) is 2.05. The van der Waals surface area contributed by atoms with Crippen LogP contribution in [0.4, 0.5) is 5.69 Å². The van der Waals surface area contributed by atoms with Crippen LogP contribution in [0.15, 0.2) is 86.7 Å². The van der Waals surface area contributed by atoms with Gasteiger partial charge in [0.05, 0.1) is 22.3 Å². The van der Waals surface area contributed by atoms with Crippen LogP contribution in [0.5, 0.6) is 0 Å². The van der Waals surface area contributed by atoms with Crippen molar-refractivity contribution in [2.75, 3.05) is 0 Å². The molecule has 0 aliphatic carbocycles. The second-order valence-electron chi connectivity index (χ2n) is 6.70. The van der Waals surface area contributed by atoms with E-state index < -0.39 is 0 Å². The lowest BCUT2D eigenvalue weighted by atomic mass is 10.1. The number of aryl methyl sites for hydroxylation is 1. The molecule has 0 saturated carbocycles. The molecule has 2 aromatic heterocycles. The molecule has 0 atom stereocenters. The van der Waals surface area contributed by atoms with Crippen molar-refractivity contribution < 1.29 is 4.42 Å². The highest BCUT2D eigenvalue weighted by atomic mass is 79.9. The number of rotatable bonds is 2. The average Bonchev–Trinajstić information content (AvgIpc) is 3.12. The van der Waals surface area contributed by atoms with Crippen LogP contribution in [0.2, 0.25) is 0 Å². The van der Waals surface area contributed by atoms with Crippen LogP contribution in [0.25, 0.3) is 33.4 Å². The number of aromatic nitrogens is 2. The van der Waals surface area contributed by atoms with Gasteiger partial charge < -0.3 is 9.40 Å². The number of imidazole rings is 1. The Balaban J connectivity index is 1.82. The van der Waals surface area contributed by atoms with Crippen molar-refractivity contribution in [2.45, 2.75) is 6.92 Å². The highest BCUT2D eigenvalue weighted by Gasteiger charge is 2.12. The molecule has 4 nitrogen and oxygen atoms in total. The molecule has 5 rings (SSSR count). The second kappa shape index (κ2) is 6.77. The van der Waals surface area contributed by atoms with Gasteiger partial charge in [-0.25, -0.2) is 9.98 Å². The first-order chi connectivity index (χ1) is 13.7. The number of para-hydroxylation sites is 2. The van der Waals surface area contributed by atoms with E-state index in [2.05, 4.69) is 27.0 Å². The Morgan fingerprint density at radius 3 is 2.71 bits per heavy atom. The Labute approximate surface area is 169 Å². The van der Waals surface area contributed by atoms with E-state index in [1.807, 2.05) is 73.7 Å². The van der Waals surface area contributed by atoms with Crippen molar-refractivity contribution >= 4 is 43.6 Å². The first-order valence-electron chi connectivity index (χ1n) is 8.96. The summed E-state index contributed by atoms with van der Waals surface area (Å²) < 4.78 is 7.19. The van der Waals surface area contributed by atoms with Gasteiger partial charge in [0.2, 0.25) is 5.55 Å². The van der Waals surface area contributed by atoms with Crippen molar-refractivity contribution in [1.29, 1.82) is 0 Å². The third kappa shape index (κ3) is 3.14. The molecule has 0 aliphatic heterocycles. The van der Waals surface area contributed by atoms with Crippen LogP contribution in [0.1, 0.15) is 5.56 Å². The summed E-state index contributed by atoms with van der Waals surface area (Å²) in [7, 11) is 0. The van der Waals surface area contributed by atoms with E-state index in [1.54, 1.807) is 0 Å². The van der Waals surface area contributed by atoms with Gasteiger partial charge in [0.25, 0.3) is 0 Å². The third-order valence-corrected chi connectivity index (χ3v) is 5.08. The van der Waals surface area contributed by atoms with Crippen LogP contribution >= 0.6 is 15.9 Å². The zero-order chi connectivity index (χ0) is 19.1. The molecule has 5 heteroatoms. The van der Waals surface area contributed by atoms with Crippen molar-refractivity contribution in [3.05, 3.63) is 88.4 Å². The molecule has 1 N–H and O–H groups in total. The number of hydrogen-bond acceptors (Lipinski definition) is 3. The van der Waals surface area contributed by atoms with Crippen LogP contribution in [-0.4, -0.2) is 9.97 Å². The number of nitrogens with zero attached hydrogens (tertiary/aromatic N) is 2. The van der Waals surface area contributed by atoms with E-state index in [-0.39, 0.29) is 0 Å². The number of halogens is 1. The Hall–Kier alpha value is -3.18. The molecule has 0 spiro atoms. The van der Waals surface area contributed by atoms with Crippen molar-refractivity contribution in [1.82, 2.24) is 9.97 Å². The maximum atomic E-state index is 6.19. The van der Waals surface area contributed by atoms with Gasteiger partial charge >= 0.3 is 0 Å². The lowest BCUT2D eigenvalue weighted by molar-refractivity contribution is 0.547. The van der Waals surface area contributed by atoms with Gasteiger partial charge in [-0.2, -0.15) is 0 Å². The number of H-pyrrole nitrogens is 1. The van der Waals surface area contributed by atoms with Gasteiger partial charge in [-0.3, -0.25) is 0 Å². The molecular weight excluding hydrogens is 414 g/mol. The average molecular weight is 430 g/mol. The standard InChI is InChI=1S/C23H16BrN3O/c1-14-5-4-6-17(11-14)25-23-18(13-15-12-16(24)9-10-21(15)28-23)22-26-19-7-2-3-8-20(19)27-22/h2-13H,1H3,(H,26,27). The number of hydrogen-bond donors (Lipinski definition) is 1. The first kappa shape index (κ1) is 17.0. The van der Waals surface area contributed by atoms with Crippen LogP contribution in [-0.2, 0) is 0 Å². The highest BCUT2D eigenvalue weighted by Crippen LogP contribution is 2.25. The first-order valence-corrected chi connectivity index (χ1v) is 9.75. The molecule has 28 heavy (non-hydrogen) atoms. The lowest BCUT2D eigenvalue weighted by Crippen LogP contribution is -2.06. The summed E-state index contributed by atoms with van der Waals surface area (Å²) >= 11 is 3.53. The van der Waals surface area contributed by atoms with Gasteiger partial charge in [0.15, 0.2) is 0 Å². The zero-order valence-electron chi connectivity index (χ0n) is 15.1. The monoisotopic (exact) mass is 429 g/mol. The van der Waals surface area contributed by atoms with Gasteiger partial charge in [0.1, 0.15) is 11.4 Å². The summed E-state index contributed by atoms with van der Waals surface area (Å²) in [5.41, 5.74) is 6.01. The molecule has 0 radical (unpaired) electrons.